The number of nitrogens with one attached hydrogen (secondary N) is 1. The van der Waals surface area contributed by atoms with E-state index in [1.165, 1.54) is 32.1 Å². The van der Waals surface area contributed by atoms with E-state index in [1.807, 2.05) is 25.1 Å². The van der Waals surface area contributed by atoms with Gasteiger partial charge in [0.05, 0.1) is 17.4 Å². The third-order valence-corrected chi connectivity index (χ3v) is 5.19. The third kappa shape index (κ3) is 3.09. The summed E-state index contributed by atoms with van der Waals surface area (Å²) in [5.74, 6) is 0.649. The lowest BCUT2D eigenvalue weighted by Gasteiger charge is -2.22. The fourth-order valence-electron chi connectivity index (χ4n) is 3.75. The molecule has 1 aromatic carbocycles. The van der Waals surface area contributed by atoms with Gasteiger partial charge in [0.15, 0.2) is 11.2 Å². The molecule has 3 aromatic heterocycles. The SMILES string of the molecule is Cc1ccc2cc(-n3nnc4cnc(NC5CCCCC5)nc43)ccc2n1. The monoisotopic (exact) mass is 359 g/mol. The molecule has 7 heteroatoms. The minimum atomic E-state index is 0.454. The Morgan fingerprint density at radius 2 is 1.89 bits per heavy atom. The second kappa shape index (κ2) is 6.57. The molecule has 1 fully saturated rings. The lowest BCUT2D eigenvalue weighted by atomic mass is 9.96. The fraction of sp³-hybridized carbons (Fsp3) is 0.350. The molecule has 0 unspecified atom stereocenters. The van der Waals surface area contributed by atoms with Crippen molar-refractivity contribution < 1.29 is 0 Å². The van der Waals surface area contributed by atoms with Crippen molar-refractivity contribution in [2.24, 2.45) is 0 Å². The van der Waals surface area contributed by atoms with Gasteiger partial charge in [-0.3, -0.25) is 4.98 Å². The number of aryl methyl sites for hydroxylation is 1. The van der Waals surface area contributed by atoms with Crippen LogP contribution in [0.2, 0.25) is 0 Å². The number of rotatable bonds is 3. The third-order valence-electron chi connectivity index (χ3n) is 5.19. The summed E-state index contributed by atoms with van der Waals surface area (Å²) in [6.45, 7) is 2.00. The first-order valence-electron chi connectivity index (χ1n) is 9.49. The summed E-state index contributed by atoms with van der Waals surface area (Å²) in [6, 6.07) is 10.6. The number of benzene rings is 1. The highest BCUT2D eigenvalue weighted by Gasteiger charge is 2.16. The molecule has 0 radical (unpaired) electrons. The van der Waals surface area contributed by atoms with Crippen LogP contribution < -0.4 is 5.32 Å². The number of hydrogen-bond acceptors (Lipinski definition) is 6. The Morgan fingerprint density at radius 3 is 2.78 bits per heavy atom. The van der Waals surface area contributed by atoms with E-state index in [0.29, 0.717) is 23.2 Å². The molecule has 4 aromatic rings. The van der Waals surface area contributed by atoms with Gasteiger partial charge in [0.1, 0.15) is 0 Å². The summed E-state index contributed by atoms with van der Waals surface area (Å²) in [5, 5.41) is 13.1. The molecule has 5 rings (SSSR count). The number of nitrogens with zero attached hydrogens (tertiary/aromatic N) is 6. The highest BCUT2D eigenvalue weighted by Crippen LogP contribution is 2.22. The van der Waals surface area contributed by atoms with Crippen molar-refractivity contribution in [2.75, 3.05) is 5.32 Å². The normalized spacial score (nSPS) is 15.4. The minimum Gasteiger partial charge on any atom is -0.351 e. The van der Waals surface area contributed by atoms with Crippen LogP contribution in [0.5, 0.6) is 0 Å². The van der Waals surface area contributed by atoms with Crippen molar-refractivity contribution >= 4 is 28.0 Å². The zero-order valence-corrected chi connectivity index (χ0v) is 15.3. The number of pyridine rings is 1. The molecular formula is C20H21N7. The molecule has 3 heterocycles. The lowest BCUT2D eigenvalue weighted by molar-refractivity contribution is 0.461. The van der Waals surface area contributed by atoms with Gasteiger partial charge in [0.25, 0.3) is 0 Å². The molecular weight excluding hydrogens is 338 g/mol. The van der Waals surface area contributed by atoms with Crippen LogP contribution in [0.4, 0.5) is 5.95 Å². The Labute approximate surface area is 156 Å². The topological polar surface area (TPSA) is 81.4 Å². The summed E-state index contributed by atoms with van der Waals surface area (Å²) in [5.41, 5.74) is 4.29. The minimum absolute atomic E-state index is 0.454. The number of hydrogen-bond donors (Lipinski definition) is 1. The zero-order valence-electron chi connectivity index (χ0n) is 15.3. The van der Waals surface area contributed by atoms with Crippen molar-refractivity contribution in [3.63, 3.8) is 0 Å². The molecule has 0 amide bonds. The Balaban J connectivity index is 1.52. The maximum Gasteiger partial charge on any atom is 0.225 e. The van der Waals surface area contributed by atoms with Gasteiger partial charge >= 0.3 is 0 Å². The molecule has 27 heavy (non-hydrogen) atoms. The van der Waals surface area contributed by atoms with Gasteiger partial charge in [-0.25, -0.2) is 4.98 Å². The summed E-state index contributed by atoms with van der Waals surface area (Å²) < 4.78 is 1.77. The van der Waals surface area contributed by atoms with Crippen LogP contribution in [0.1, 0.15) is 37.8 Å². The largest absolute Gasteiger partial charge is 0.351 e. The Morgan fingerprint density at radius 1 is 1.00 bits per heavy atom. The van der Waals surface area contributed by atoms with Crippen LogP contribution in [-0.2, 0) is 0 Å². The van der Waals surface area contributed by atoms with Crippen LogP contribution in [0, 0.1) is 6.92 Å². The van der Waals surface area contributed by atoms with Gasteiger partial charge in [0, 0.05) is 17.1 Å². The average Bonchev–Trinajstić information content (AvgIpc) is 3.12. The molecule has 1 N–H and O–H groups in total. The van der Waals surface area contributed by atoms with Crippen LogP contribution >= 0.6 is 0 Å². The summed E-state index contributed by atoms with van der Waals surface area (Å²) in [6.07, 6.45) is 7.95. The first kappa shape index (κ1) is 16.1. The molecule has 136 valence electrons. The summed E-state index contributed by atoms with van der Waals surface area (Å²) in [7, 11) is 0. The van der Waals surface area contributed by atoms with Crippen molar-refractivity contribution in [3.8, 4) is 5.69 Å². The summed E-state index contributed by atoms with van der Waals surface area (Å²) >= 11 is 0. The highest BCUT2D eigenvalue weighted by molar-refractivity contribution is 5.82. The van der Waals surface area contributed by atoms with Crippen molar-refractivity contribution in [2.45, 2.75) is 45.1 Å². The molecule has 1 aliphatic carbocycles. The van der Waals surface area contributed by atoms with E-state index in [-0.39, 0.29) is 0 Å². The van der Waals surface area contributed by atoms with E-state index in [9.17, 15) is 0 Å². The maximum absolute atomic E-state index is 4.70. The van der Waals surface area contributed by atoms with E-state index >= 15 is 0 Å². The van der Waals surface area contributed by atoms with Crippen LogP contribution in [0.25, 0.3) is 27.8 Å². The van der Waals surface area contributed by atoms with Crippen LogP contribution in [-0.4, -0.2) is 36.0 Å². The smallest absolute Gasteiger partial charge is 0.225 e. The van der Waals surface area contributed by atoms with Gasteiger partial charge in [-0.1, -0.05) is 30.5 Å². The standard InChI is InChI=1S/C20H21N7/c1-13-7-8-14-11-16(9-10-17(14)22-13)27-19-18(25-26-27)12-21-20(24-19)23-15-5-3-2-4-6-15/h7-12,15H,2-6H2,1H3,(H,21,23,24). The second-order valence-electron chi connectivity index (χ2n) is 7.21. The molecule has 7 nitrogen and oxygen atoms in total. The number of anilines is 1. The van der Waals surface area contributed by atoms with Crippen molar-refractivity contribution in [1.29, 1.82) is 0 Å². The molecule has 0 spiro atoms. The van der Waals surface area contributed by atoms with Crippen molar-refractivity contribution in [3.05, 3.63) is 42.2 Å². The van der Waals surface area contributed by atoms with E-state index < -0.39 is 0 Å². The molecule has 0 atom stereocenters. The quantitative estimate of drug-likeness (QED) is 0.599. The second-order valence-corrected chi connectivity index (χ2v) is 7.21. The van der Waals surface area contributed by atoms with E-state index in [2.05, 4.69) is 37.7 Å². The van der Waals surface area contributed by atoms with E-state index in [0.717, 1.165) is 22.3 Å². The van der Waals surface area contributed by atoms with E-state index in [1.54, 1.807) is 10.9 Å². The highest BCUT2D eigenvalue weighted by atomic mass is 15.4. The number of fused-ring (bicyclic) bond motifs is 2. The maximum atomic E-state index is 4.70. The number of aromatic nitrogens is 6. The van der Waals surface area contributed by atoms with Gasteiger partial charge in [-0.05, 0) is 44.0 Å². The van der Waals surface area contributed by atoms with Gasteiger partial charge in [0.2, 0.25) is 5.95 Å². The zero-order chi connectivity index (χ0) is 18.2. The van der Waals surface area contributed by atoms with Crippen LogP contribution in [0.15, 0.2) is 36.5 Å². The predicted octanol–water partition coefficient (Wildman–Crippen LogP) is 3.81. The first-order chi connectivity index (χ1) is 13.3. The van der Waals surface area contributed by atoms with Gasteiger partial charge in [-0.2, -0.15) is 9.67 Å². The molecule has 1 saturated carbocycles. The Kier molecular flexibility index (Phi) is 3.92. The Bertz CT molecular complexity index is 1110. The Hall–Kier alpha value is -3.09. The molecule has 1 aliphatic rings. The molecule has 0 saturated heterocycles. The molecule has 0 aliphatic heterocycles. The van der Waals surface area contributed by atoms with E-state index in [4.69, 9.17) is 4.98 Å². The summed E-state index contributed by atoms with van der Waals surface area (Å²) in [4.78, 5) is 13.7. The lowest BCUT2D eigenvalue weighted by Crippen LogP contribution is -2.23. The first-order valence-corrected chi connectivity index (χ1v) is 9.49. The van der Waals surface area contributed by atoms with Crippen LogP contribution in [0.3, 0.4) is 0 Å². The fourth-order valence-corrected chi connectivity index (χ4v) is 3.75. The molecule has 0 bridgehead atoms. The van der Waals surface area contributed by atoms with Gasteiger partial charge < -0.3 is 5.32 Å². The van der Waals surface area contributed by atoms with Crippen molar-refractivity contribution in [1.82, 2.24) is 29.9 Å². The van der Waals surface area contributed by atoms with Gasteiger partial charge in [-0.15, -0.1) is 5.10 Å². The average molecular weight is 359 g/mol. The predicted molar refractivity (Wildman–Crippen MR) is 105 cm³/mol.